The Morgan fingerprint density at radius 1 is 1.50 bits per heavy atom. The molecule has 0 radical (unpaired) electrons. The summed E-state index contributed by atoms with van der Waals surface area (Å²) in [5.74, 6) is -0.234. The molecule has 0 amide bonds. The lowest BCUT2D eigenvalue weighted by molar-refractivity contribution is -0.141. The van der Waals surface area contributed by atoms with E-state index in [1.165, 1.54) is 0 Å². The van der Waals surface area contributed by atoms with Crippen molar-refractivity contribution in [2.24, 2.45) is 0 Å². The summed E-state index contributed by atoms with van der Waals surface area (Å²) in [5, 5.41) is 0.250. The largest absolute Gasteiger partial charge is 0.465 e. The van der Waals surface area contributed by atoms with Crippen LogP contribution in [0.3, 0.4) is 0 Å². The fourth-order valence-electron chi connectivity index (χ4n) is 0.551. The van der Waals surface area contributed by atoms with E-state index >= 15 is 0 Å². The van der Waals surface area contributed by atoms with Crippen LogP contribution < -0.4 is 0 Å². The second-order valence-corrected chi connectivity index (χ2v) is 3.63. The summed E-state index contributed by atoms with van der Waals surface area (Å²) in [5.41, 5.74) is -0.216. The molecule has 72 valence electrons. The average molecular weight is 239 g/mol. The van der Waals surface area contributed by atoms with Crippen LogP contribution in [0.15, 0.2) is 0 Å². The molecule has 4 heteroatoms. The summed E-state index contributed by atoms with van der Waals surface area (Å²) >= 11 is 3.01. The highest BCUT2D eigenvalue weighted by Crippen LogP contribution is 2.12. The van der Waals surface area contributed by atoms with Crippen LogP contribution in [0.25, 0.3) is 0 Å². The lowest BCUT2D eigenvalue weighted by Crippen LogP contribution is -2.25. The van der Waals surface area contributed by atoms with Crippen molar-refractivity contribution in [3.05, 3.63) is 0 Å². The highest BCUT2D eigenvalue weighted by molar-refractivity contribution is 9.09. The standard InChI is InChI=1S/C8H15BrO3/c1-8(2,11-3)4-5-12-7(10)6-9/h4-6H2,1-3H3. The van der Waals surface area contributed by atoms with Crippen LogP contribution in [0, 0.1) is 0 Å². The molecule has 3 nitrogen and oxygen atoms in total. The SMILES string of the molecule is COC(C)(C)CCOC(=O)CBr. The summed E-state index contributed by atoms with van der Waals surface area (Å²) < 4.78 is 10.0. The number of carbonyl (C=O) groups is 1. The number of rotatable bonds is 5. The number of hydrogen-bond acceptors (Lipinski definition) is 3. The molecule has 0 aromatic heterocycles. The average Bonchev–Trinajstić information content (AvgIpc) is 2.04. The predicted octanol–water partition coefficient (Wildman–Crippen LogP) is 1.74. The minimum absolute atomic E-state index is 0.216. The van der Waals surface area contributed by atoms with Crippen LogP contribution in [-0.4, -0.2) is 30.6 Å². The van der Waals surface area contributed by atoms with Crippen molar-refractivity contribution in [1.82, 2.24) is 0 Å². The van der Waals surface area contributed by atoms with Crippen LogP contribution >= 0.6 is 15.9 Å². The Morgan fingerprint density at radius 3 is 2.50 bits per heavy atom. The quantitative estimate of drug-likeness (QED) is 0.541. The van der Waals surface area contributed by atoms with E-state index in [-0.39, 0.29) is 16.9 Å². The van der Waals surface area contributed by atoms with Crippen LogP contribution in [0.4, 0.5) is 0 Å². The van der Waals surface area contributed by atoms with Crippen molar-refractivity contribution in [2.75, 3.05) is 19.0 Å². The van der Waals surface area contributed by atoms with Gasteiger partial charge in [-0.25, -0.2) is 0 Å². The first-order chi connectivity index (χ1) is 5.52. The van der Waals surface area contributed by atoms with Gasteiger partial charge in [-0.05, 0) is 13.8 Å². The van der Waals surface area contributed by atoms with Gasteiger partial charge in [0.15, 0.2) is 0 Å². The molecule has 0 saturated heterocycles. The van der Waals surface area contributed by atoms with Crippen molar-refractivity contribution < 1.29 is 14.3 Å². The third kappa shape index (κ3) is 5.55. The smallest absolute Gasteiger partial charge is 0.316 e. The zero-order valence-electron chi connectivity index (χ0n) is 7.72. The Balaban J connectivity index is 3.49. The number of alkyl halides is 1. The van der Waals surface area contributed by atoms with E-state index in [0.29, 0.717) is 13.0 Å². The third-order valence-corrected chi connectivity index (χ3v) is 2.09. The molecular formula is C8H15BrO3. The normalized spacial score (nSPS) is 11.3. The molecule has 0 aliphatic rings. The third-order valence-electron chi connectivity index (χ3n) is 1.63. The van der Waals surface area contributed by atoms with E-state index in [1.54, 1.807) is 7.11 Å². The Labute approximate surface area is 81.6 Å². The number of carbonyl (C=O) groups excluding carboxylic acids is 1. The molecule has 0 fully saturated rings. The number of ether oxygens (including phenoxy) is 2. The molecule has 0 aliphatic heterocycles. The van der Waals surface area contributed by atoms with Gasteiger partial charge in [0.1, 0.15) is 5.33 Å². The molecule has 0 spiro atoms. The maximum absolute atomic E-state index is 10.7. The molecule has 0 unspecified atom stereocenters. The van der Waals surface area contributed by atoms with Crippen molar-refractivity contribution in [3.8, 4) is 0 Å². The summed E-state index contributed by atoms with van der Waals surface area (Å²) in [6, 6.07) is 0. The second-order valence-electron chi connectivity index (χ2n) is 3.07. The minimum atomic E-state index is -0.234. The van der Waals surface area contributed by atoms with Gasteiger partial charge < -0.3 is 9.47 Å². The van der Waals surface area contributed by atoms with Crippen LogP contribution in [-0.2, 0) is 14.3 Å². The van der Waals surface area contributed by atoms with Gasteiger partial charge in [-0.2, -0.15) is 0 Å². The van der Waals surface area contributed by atoms with Crippen LogP contribution in [0.5, 0.6) is 0 Å². The van der Waals surface area contributed by atoms with E-state index in [4.69, 9.17) is 9.47 Å². The van der Waals surface area contributed by atoms with E-state index < -0.39 is 0 Å². The molecule has 0 aromatic rings. The maximum atomic E-state index is 10.7. The van der Waals surface area contributed by atoms with E-state index in [9.17, 15) is 4.79 Å². The number of methoxy groups -OCH3 is 1. The second kappa shape index (κ2) is 5.54. The molecule has 0 saturated carbocycles. The molecule has 0 atom stereocenters. The van der Waals surface area contributed by atoms with Gasteiger partial charge in [-0.1, -0.05) is 15.9 Å². The van der Waals surface area contributed by atoms with Crippen LogP contribution in [0.2, 0.25) is 0 Å². The topological polar surface area (TPSA) is 35.5 Å². The lowest BCUT2D eigenvalue weighted by atomic mass is 10.1. The van der Waals surface area contributed by atoms with E-state index in [0.717, 1.165) is 0 Å². The summed E-state index contributed by atoms with van der Waals surface area (Å²) in [4.78, 5) is 10.7. The first-order valence-corrected chi connectivity index (χ1v) is 4.91. The summed E-state index contributed by atoms with van der Waals surface area (Å²) in [6.45, 7) is 4.31. The molecule has 0 rings (SSSR count). The number of esters is 1. The number of halogens is 1. The van der Waals surface area contributed by atoms with Crippen molar-refractivity contribution in [2.45, 2.75) is 25.9 Å². The van der Waals surface area contributed by atoms with E-state index in [2.05, 4.69) is 15.9 Å². The number of hydrogen-bond donors (Lipinski definition) is 0. The Bertz CT molecular complexity index is 145. The molecule has 0 aromatic carbocycles. The molecule has 0 heterocycles. The Morgan fingerprint density at radius 2 is 2.08 bits per heavy atom. The van der Waals surface area contributed by atoms with Crippen LogP contribution in [0.1, 0.15) is 20.3 Å². The summed E-state index contributed by atoms with van der Waals surface area (Å²) in [6.07, 6.45) is 0.711. The van der Waals surface area contributed by atoms with Gasteiger partial charge in [0.25, 0.3) is 0 Å². The Hall–Kier alpha value is -0.0900. The zero-order valence-corrected chi connectivity index (χ0v) is 9.31. The van der Waals surface area contributed by atoms with Crippen molar-refractivity contribution >= 4 is 21.9 Å². The zero-order chi connectivity index (χ0) is 9.61. The van der Waals surface area contributed by atoms with Gasteiger partial charge in [-0.3, -0.25) is 4.79 Å². The Kier molecular flexibility index (Phi) is 5.50. The lowest BCUT2D eigenvalue weighted by Gasteiger charge is -2.22. The fraction of sp³-hybridized carbons (Fsp3) is 0.875. The van der Waals surface area contributed by atoms with Gasteiger partial charge >= 0.3 is 5.97 Å². The first kappa shape index (κ1) is 11.9. The van der Waals surface area contributed by atoms with Crippen molar-refractivity contribution in [1.29, 1.82) is 0 Å². The van der Waals surface area contributed by atoms with E-state index in [1.807, 2.05) is 13.8 Å². The van der Waals surface area contributed by atoms with Gasteiger partial charge in [-0.15, -0.1) is 0 Å². The molecule has 0 bridgehead atoms. The molecule has 12 heavy (non-hydrogen) atoms. The summed E-state index contributed by atoms with van der Waals surface area (Å²) in [7, 11) is 1.65. The van der Waals surface area contributed by atoms with Gasteiger partial charge in [0.2, 0.25) is 0 Å². The minimum Gasteiger partial charge on any atom is -0.465 e. The molecular weight excluding hydrogens is 224 g/mol. The monoisotopic (exact) mass is 238 g/mol. The van der Waals surface area contributed by atoms with Gasteiger partial charge in [0, 0.05) is 13.5 Å². The fourth-order valence-corrected chi connectivity index (χ4v) is 0.713. The molecule has 0 N–H and O–H groups in total. The van der Waals surface area contributed by atoms with Crippen molar-refractivity contribution in [3.63, 3.8) is 0 Å². The predicted molar refractivity (Wildman–Crippen MR) is 50.5 cm³/mol. The maximum Gasteiger partial charge on any atom is 0.316 e. The molecule has 0 aliphatic carbocycles. The highest BCUT2D eigenvalue weighted by Gasteiger charge is 2.16. The first-order valence-electron chi connectivity index (χ1n) is 3.78. The highest BCUT2D eigenvalue weighted by atomic mass is 79.9. The van der Waals surface area contributed by atoms with Gasteiger partial charge in [0.05, 0.1) is 12.2 Å².